The molecule has 4 rings (SSSR count). The molecule has 0 aromatic heterocycles. The third kappa shape index (κ3) is 2.34. The standard InChI is InChI=1S/C18H12IOS/c19-13-9-11-14(12-10-13)21-17-7-3-1-5-15(17)20-16-6-2-4-8-18(16)21/h1-12H/q+1. The third-order valence-electron chi connectivity index (χ3n) is 3.41. The highest BCUT2D eigenvalue weighted by Crippen LogP contribution is 2.46. The summed E-state index contributed by atoms with van der Waals surface area (Å²) in [5, 5.41) is 0. The van der Waals surface area contributed by atoms with Crippen molar-refractivity contribution in [1.82, 2.24) is 0 Å². The summed E-state index contributed by atoms with van der Waals surface area (Å²) in [6, 6.07) is 25.5. The molecule has 1 aliphatic heterocycles. The lowest BCUT2D eigenvalue weighted by atomic mass is 10.3. The zero-order chi connectivity index (χ0) is 14.2. The molecular formula is C18H12IOS+. The van der Waals surface area contributed by atoms with Crippen molar-refractivity contribution < 1.29 is 4.74 Å². The monoisotopic (exact) mass is 403 g/mol. The maximum atomic E-state index is 6.06. The Labute approximate surface area is 140 Å². The SMILES string of the molecule is Ic1ccc([S+]2c3ccccc3Oc3ccccc32)cc1. The quantitative estimate of drug-likeness (QED) is 0.302. The Morgan fingerprint density at radius 2 is 1.19 bits per heavy atom. The van der Waals surface area contributed by atoms with Crippen LogP contribution in [0.2, 0.25) is 0 Å². The highest BCUT2D eigenvalue weighted by Gasteiger charge is 2.38. The van der Waals surface area contributed by atoms with Crippen molar-refractivity contribution >= 4 is 33.5 Å². The molecular weight excluding hydrogens is 391 g/mol. The Bertz CT molecular complexity index is 753. The minimum absolute atomic E-state index is 0.0945. The van der Waals surface area contributed by atoms with E-state index in [1.54, 1.807) is 0 Å². The van der Waals surface area contributed by atoms with Gasteiger partial charge in [-0.3, -0.25) is 0 Å². The van der Waals surface area contributed by atoms with Crippen molar-refractivity contribution in [2.75, 3.05) is 0 Å². The van der Waals surface area contributed by atoms with Crippen LogP contribution >= 0.6 is 22.6 Å². The van der Waals surface area contributed by atoms with E-state index in [1.807, 2.05) is 12.1 Å². The smallest absolute Gasteiger partial charge is 0.209 e. The van der Waals surface area contributed by atoms with Gasteiger partial charge in [0.15, 0.2) is 16.4 Å². The highest BCUT2D eigenvalue weighted by molar-refractivity contribution is 14.1. The van der Waals surface area contributed by atoms with Crippen molar-refractivity contribution in [3.05, 3.63) is 76.4 Å². The van der Waals surface area contributed by atoms with E-state index < -0.39 is 0 Å². The van der Waals surface area contributed by atoms with Crippen molar-refractivity contribution in [2.24, 2.45) is 0 Å². The molecule has 3 aromatic carbocycles. The lowest BCUT2D eigenvalue weighted by molar-refractivity contribution is 0.453. The molecule has 0 atom stereocenters. The van der Waals surface area contributed by atoms with Crippen LogP contribution in [0, 0.1) is 3.57 Å². The lowest BCUT2D eigenvalue weighted by Crippen LogP contribution is -2.12. The summed E-state index contributed by atoms with van der Waals surface area (Å²) in [6.07, 6.45) is 0. The van der Waals surface area contributed by atoms with Gasteiger partial charge in [0.05, 0.1) is 0 Å². The number of fused-ring (bicyclic) bond motifs is 2. The number of rotatable bonds is 1. The van der Waals surface area contributed by atoms with Crippen LogP contribution < -0.4 is 4.74 Å². The number of halogens is 1. The minimum Gasteiger partial charge on any atom is -0.447 e. The molecule has 0 radical (unpaired) electrons. The first-order chi connectivity index (χ1) is 10.3. The van der Waals surface area contributed by atoms with Gasteiger partial charge in [-0.1, -0.05) is 24.3 Å². The van der Waals surface area contributed by atoms with Crippen molar-refractivity contribution in [3.63, 3.8) is 0 Å². The minimum atomic E-state index is -0.0945. The van der Waals surface area contributed by atoms with E-state index in [0.717, 1.165) is 11.5 Å². The van der Waals surface area contributed by atoms with E-state index in [2.05, 4.69) is 83.3 Å². The van der Waals surface area contributed by atoms with Crippen molar-refractivity contribution in [1.29, 1.82) is 0 Å². The molecule has 3 heteroatoms. The summed E-state index contributed by atoms with van der Waals surface area (Å²) >= 11 is 2.35. The Balaban J connectivity index is 1.95. The van der Waals surface area contributed by atoms with Gasteiger partial charge in [0, 0.05) is 3.57 Å². The second-order valence-electron chi connectivity index (χ2n) is 4.76. The molecule has 0 spiro atoms. The van der Waals surface area contributed by atoms with Gasteiger partial charge in [-0.15, -0.1) is 0 Å². The first kappa shape index (κ1) is 13.2. The van der Waals surface area contributed by atoms with E-state index in [9.17, 15) is 0 Å². The van der Waals surface area contributed by atoms with Crippen molar-refractivity contribution in [3.8, 4) is 11.5 Å². The number of ether oxygens (including phenoxy) is 1. The molecule has 21 heavy (non-hydrogen) atoms. The van der Waals surface area contributed by atoms with Crippen LogP contribution in [0.4, 0.5) is 0 Å². The van der Waals surface area contributed by atoms with Crippen molar-refractivity contribution in [2.45, 2.75) is 14.7 Å². The molecule has 3 aromatic rings. The molecule has 0 bridgehead atoms. The number of hydrogen-bond acceptors (Lipinski definition) is 1. The van der Waals surface area contributed by atoms with Crippen LogP contribution in [0.15, 0.2) is 87.5 Å². The summed E-state index contributed by atoms with van der Waals surface area (Å²) in [4.78, 5) is 3.86. The van der Waals surface area contributed by atoms with Gasteiger partial charge in [0.2, 0.25) is 9.79 Å². The molecule has 0 amide bonds. The van der Waals surface area contributed by atoms with Crippen LogP contribution in [-0.2, 0) is 10.9 Å². The van der Waals surface area contributed by atoms with Crippen LogP contribution in [0.1, 0.15) is 0 Å². The Hall–Kier alpha value is -1.46. The number of hydrogen-bond donors (Lipinski definition) is 0. The van der Waals surface area contributed by atoms with Gasteiger partial charge in [0.1, 0.15) is 10.9 Å². The van der Waals surface area contributed by atoms with Gasteiger partial charge >= 0.3 is 0 Å². The fraction of sp³-hybridized carbons (Fsp3) is 0. The van der Waals surface area contributed by atoms with Gasteiger partial charge in [0.25, 0.3) is 0 Å². The van der Waals surface area contributed by atoms with Crippen LogP contribution in [0.3, 0.4) is 0 Å². The van der Waals surface area contributed by atoms with E-state index in [0.29, 0.717) is 0 Å². The highest BCUT2D eigenvalue weighted by atomic mass is 127. The molecule has 0 N–H and O–H groups in total. The fourth-order valence-electron chi connectivity index (χ4n) is 2.47. The van der Waals surface area contributed by atoms with Crippen LogP contribution in [0.25, 0.3) is 0 Å². The average Bonchev–Trinajstić information content (AvgIpc) is 2.53. The number of para-hydroxylation sites is 2. The molecule has 1 nitrogen and oxygen atoms in total. The van der Waals surface area contributed by atoms with Crippen LogP contribution in [-0.4, -0.2) is 0 Å². The summed E-state index contributed by atoms with van der Waals surface area (Å²) in [5.41, 5.74) is 0. The summed E-state index contributed by atoms with van der Waals surface area (Å²) < 4.78 is 7.32. The molecule has 0 unspecified atom stereocenters. The normalized spacial score (nSPS) is 13.2. The van der Waals surface area contributed by atoms with E-state index in [1.165, 1.54) is 18.3 Å². The molecule has 0 aliphatic carbocycles. The Morgan fingerprint density at radius 3 is 1.76 bits per heavy atom. The van der Waals surface area contributed by atoms with Gasteiger partial charge in [-0.2, -0.15) is 0 Å². The van der Waals surface area contributed by atoms with Gasteiger partial charge in [-0.25, -0.2) is 0 Å². The fourth-order valence-corrected chi connectivity index (χ4v) is 5.03. The summed E-state index contributed by atoms with van der Waals surface area (Å²) in [7, 11) is -0.0945. The summed E-state index contributed by atoms with van der Waals surface area (Å²) in [5.74, 6) is 1.94. The molecule has 1 heterocycles. The first-order valence-corrected chi connectivity index (χ1v) is 8.99. The predicted molar refractivity (Wildman–Crippen MR) is 94.3 cm³/mol. The van der Waals surface area contributed by atoms with Crippen LogP contribution in [0.5, 0.6) is 11.5 Å². The number of benzene rings is 3. The molecule has 0 fully saturated rings. The topological polar surface area (TPSA) is 9.23 Å². The van der Waals surface area contributed by atoms with Gasteiger partial charge < -0.3 is 4.74 Å². The largest absolute Gasteiger partial charge is 0.447 e. The van der Waals surface area contributed by atoms with Gasteiger partial charge in [-0.05, 0) is 71.1 Å². The Morgan fingerprint density at radius 1 is 0.667 bits per heavy atom. The van der Waals surface area contributed by atoms with E-state index in [4.69, 9.17) is 4.74 Å². The first-order valence-electron chi connectivity index (χ1n) is 6.69. The zero-order valence-corrected chi connectivity index (χ0v) is 14.1. The maximum Gasteiger partial charge on any atom is 0.209 e. The Kier molecular flexibility index (Phi) is 3.39. The molecule has 1 aliphatic rings. The second-order valence-corrected chi connectivity index (χ2v) is 7.96. The summed E-state index contributed by atoms with van der Waals surface area (Å²) in [6.45, 7) is 0. The lowest BCUT2D eigenvalue weighted by Gasteiger charge is -2.19. The van der Waals surface area contributed by atoms with E-state index >= 15 is 0 Å². The molecule has 0 saturated heterocycles. The maximum absolute atomic E-state index is 6.06. The second kappa shape index (κ2) is 5.39. The molecule has 102 valence electrons. The zero-order valence-electron chi connectivity index (χ0n) is 11.1. The molecule has 0 saturated carbocycles. The van der Waals surface area contributed by atoms with E-state index in [-0.39, 0.29) is 10.9 Å². The predicted octanol–water partition coefficient (Wildman–Crippen LogP) is 5.49. The average molecular weight is 403 g/mol. The third-order valence-corrected chi connectivity index (χ3v) is 6.42.